The quantitative estimate of drug-likeness (QED) is 0.810. The molecule has 2 rings (SSSR count). The number of pyridine rings is 1. The first-order valence-corrected chi connectivity index (χ1v) is 6.10. The molecule has 1 aliphatic carbocycles. The van der Waals surface area contributed by atoms with Gasteiger partial charge in [0.2, 0.25) is 11.8 Å². The largest absolute Gasteiger partial charge is 0.481 e. The van der Waals surface area contributed by atoms with E-state index in [1.165, 1.54) is 0 Å². The van der Waals surface area contributed by atoms with E-state index in [0.29, 0.717) is 18.3 Å². The topological polar surface area (TPSA) is 77.2 Å². The van der Waals surface area contributed by atoms with Crippen molar-refractivity contribution in [1.29, 1.82) is 0 Å². The molecule has 0 spiro atoms. The minimum atomic E-state index is -0.750. The van der Waals surface area contributed by atoms with Crippen molar-refractivity contribution < 1.29 is 9.53 Å². The van der Waals surface area contributed by atoms with E-state index in [1.807, 2.05) is 6.07 Å². The molecule has 1 atom stereocenters. The number of methoxy groups -OCH3 is 1. The molecule has 3 N–H and O–H groups in total. The molecular weight excluding hydrogens is 230 g/mol. The van der Waals surface area contributed by atoms with Gasteiger partial charge in [0.05, 0.1) is 12.6 Å². The summed E-state index contributed by atoms with van der Waals surface area (Å²) in [6.07, 6.45) is 3.78. The average molecular weight is 249 g/mol. The molecule has 1 amide bonds. The number of hydrogen-bond acceptors (Lipinski definition) is 4. The summed E-state index contributed by atoms with van der Waals surface area (Å²) in [5, 5.41) is 2.85. The van der Waals surface area contributed by atoms with Crippen LogP contribution in [-0.4, -0.2) is 23.5 Å². The second-order valence-electron chi connectivity index (χ2n) is 4.95. The van der Waals surface area contributed by atoms with Gasteiger partial charge in [-0.2, -0.15) is 0 Å². The van der Waals surface area contributed by atoms with Crippen LogP contribution < -0.4 is 15.8 Å². The van der Waals surface area contributed by atoms with Crippen molar-refractivity contribution in [2.45, 2.75) is 31.8 Å². The Hall–Kier alpha value is -1.62. The lowest BCUT2D eigenvalue weighted by atomic mass is 9.96. The van der Waals surface area contributed by atoms with Crippen LogP contribution in [0.2, 0.25) is 0 Å². The lowest BCUT2D eigenvalue weighted by molar-refractivity contribution is -0.126. The van der Waals surface area contributed by atoms with Gasteiger partial charge in [0.25, 0.3) is 0 Å². The molecule has 0 saturated heterocycles. The van der Waals surface area contributed by atoms with Crippen molar-refractivity contribution in [2.75, 3.05) is 7.11 Å². The van der Waals surface area contributed by atoms with Gasteiger partial charge in [-0.15, -0.1) is 0 Å². The van der Waals surface area contributed by atoms with Crippen LogP contribution in [0.4, 0.5) is 0 Å². The number of nitrogens with two attached hydrogens (primary N) is 1. The van der Waals surface area contributed by atoms with Crippen molar-refractivity contribution >= 4 is 5.91 Å². The van der Waals surface area contributed by atoms with E-state index in [0.717, 1.165) is 18.4 Å². The van der Waals surface area contributed by atoms with Gasteiger partial charge >= 0.3 is 0 Å². The summed E-state index contributed by atoms with van der Waals surface area (Å²) < 4.78 is 4.97. The van der Waals surface area contributed by atoms with E-state index in [-0.39, 0.29) is 5.91 Å². The second-order valence-corrected chi connectivity index (χ2v) is 4.95. The Kier molecular flexibility index (Phi) is 3.52. The number of carbonyl (C=O) groups excluding carboxylic acids is 1. The first-order valence-electron chi connectivity index (χ1n) is 6.10. The maximum atomic E-state index is 12.0. The Balaban J connectivity index is 1.88. The van der Waals surface area contributed by atoms with Gasteiger partial charge in [0.1, 0.15) is 0 Å². The van der Waals surface area contributed by atoms with E-state index in [2.05, 4.69) is 10.3 Å². The van der Waals surface area contributed by atoms with E-state index < -0.39 is 5.54 Å². The van der Waals surface area contributed by atoms with Crippen LogP contribution in [0.1, 0.15) is 25.3 Å². The average Bonchev–Trinajstić information content (AvgIpc) is 3.21. The molecule has 98 valence electrons. The standard InChI is InChI=1S/C13H19N3O2/c1-13(14,10-4-5-10)12(17)16-8-9-3-6-11(18-2)15-7-9/h3,6-7,10H,4-5,8,14H2,1-2H3,(H,16,17). The van der Waals surface area contributed by atoms with Crippen LogP contribution >= 0.6 is 0 Å². The highest BCUT2D eigenvalue weighted by atomic mass is 16.5. The number of rotatable bonds is 5. The Morgan fingerprint density at radius 2 is 2.33 bits per heavy atom. The summed E-state index contributed by atoms with van der Waals surface area (Å²) in [5.74, 6) is 0.791. The lowest BCUT2D eigenvalue weighted by Gasteiger charge is -2.23. The number of carbonyl (C=O) groups is 1. The SMILES string of the molecule is COc1ccc(CNC(=O)C(C)(N)C2CC2)cn1. The predicted octanol–water partition coefficient (Wildman–Crippen LogP) is 0.834. The first-order chi connectivity index (χ1) is 8.54. The third-order valence-corrected chi connectivity index (χ3v) is 3.37. The van der Waals surface area contributed by atoms with Crippen molar-refractivity contribution in [2.24, 2.45) is 11.7 Å². The molecule has 0 aromatic carbocycles. The maximum absolute atomic E-state index is 12.0. The molecule has 1 aliphatic rings. The molecule has 18 heavy (non-hydrogen) atoms. The van der Waals surface area contributed by atoms with Crippen LogP contribution in [0, 0.1) is 5.92 Å². The van der Waals surface area contributed by atoms with Crippen LogP contribution in [0.25, 0.3) is 0 Å². The number of nitrogens with zero attached hydrogens (tertiary/aromatic N) is 1. The van der Waals surface area contributed by atoms with Crippen LogP contribution in [0.3, 0.4) is 0 Å². The number of aromatic nitrogens is 1. The number of hydrogen-bond donors (Lipinski definition) is 2. The van der Waals surface area contributed by atoms with E-state index in [9.17, 15) is 4.79 Å². The monoisotopic (exact) mass is 249 g/mol. The van der Waals surface area contributed by atoms with Gasteiger partial charge in [0, 0.05) is 18.8 Å². The van der Waals surface area contributed by atoms with Crippen LogP contribution in [-0.2, 0) is 11.3 Å². The van der Waals surface area contributed by atoms with Gasteiger partial charge in [0.15, 0.2) is 0 Å². The van der Waals surface area contributed by atoms with Crippen molar-refractivity contribution in [3.63, 3.8) is 0 Å². The molecule has 1 unspecified atom stereocenters. The van der Waals surface area contributed by atoms with Crippen LogP contribution in [0.5, 0.6) is 5.88 Å². The van der Waals surface area contributed by atoms with Gasteiger partial charge in [-0.05, 0) is 31.2 Å². The molecule has 0 aliphatic heterocycles. The summed E-state index contributed by atoms with van der Waals surface area (Å²) in [6.45, 7) is 2.24. The molecule has 1 saturated carbocycles. The van der Waals surface area contributed by atoms with E-state index in [1.54, 1.807) is 26.3 Å². The highest BCUT2D eigenvalue weighted by Gasteiger charge is 2.43. The molecule has 1 fully saturated rings. The van der Waals surface area contributed by atoms with Crippen LogP contribution in [0.15, 0.2) is 18.3 Å². The fraction of sp³-hybridized carbons (Fsp3) is 0.538. The van der Waals surface area contributed by atoms with Crippen molar-refractivity contribution in [3.8, 4) is 5.88 Å². The van der Waals surface area contributed by atoms with Gasteiger partial charge < -0.3 is 15.8 Å². The molecule has 1 heterocycles. The zero-order chi connectivity index (χ0) is 13.2. The van der Waals surface area contributed by atoms with Gasteiger partial charge in [-0.3, -0.25) is 4.79 Å². The molecule has 1 aromatic heterocycles. The minimum Gasteiger partial charge on any atom is -0.481 e. The highest BCUT2D eigenvalue weighted by molar-refractivity contribution is 5.86. The summed E-state index contributed by atoms with van der Waals surface area (Å²) in [6, 6.07) is 3.64. The molecule has 5 heteroatoms. The third kappa shape index (κ3) is 2.79. The molecule has 1 aromatic rings. The lowest BCUT2D eigenvalue weighted by Crippen LogP contribution is -2.53. The summed E-state index contributed by atoms with van der Waals surface area (Å²) in [4.78, 5) is 16.0. The molecule has 0 bridgehead atoms. The molecule has 5 nitrogen and oxygen atoms in total. The van der Waals surface area contributed by atoms with E-state index >= 15 is 0 Å². The number of amides is 1. The number of nitrogens with one attached hydrogen (secondary N) is 1. The Morgan fingerprint density at radius 1 is 1.61 bits per heavy atom. The third-order valence-electron chi connectivity index (χ3n) is 3.37. The highest BCUT2D eigenvalue weighted by Crippen LogP contribution is 2.38. The van der Waals surface area contributed by atoms with Gasteiger partial charge in [-0.1, -0.05) is 6.07 Å². The predicted molar refractivity (Wildman–Crippen MR) is 68.0 cm³/mol. The van der Waals surface area contributed by atoms with E-state index in [4.69, 9.17) is 10.5 Å². The first kappa shape index (κ1) is 12.8. The molecular formula is C13H19N3O2. The van der Waals surface area contributed by atoms with Crippen molar-refractivity contribution in [1.82, 2.24) is 10.3 Å². The number of ether oxygens (including phenoxy) is 1. The maximum Gasteiger partial charge on any atom is 0.240 e. The normalized spacial score (nSPS) is 17.9. The van der Waals surface area contributed by atoms with Gasteiger partial charge in [-0.25, -0.2) is 4.98 Å². The summed E-state index contributed by atoms with van der Waals surface area (Å²) in [7, 11) is 1.57. The molecule has 0 radical (unpaired) electrons. The second kappa shape index (κ2) is 4.94. The smallest absolute Gasteiger partial charge is 0.240 e. The fourth-order valence-corrected chi connectivity index (χ4v) is 1.88. The zero-order valence-electron chi connectivity index (χ0n) is 10.8. The van der Waals surface area contributed by atoms with Crippen molar-refractivity contribution in [3.05, 3.63) is 23.9 Å². The summed E-state index contributed by atoms with van der Waals surface area (Å²) >= 11 is 0. The minimum absolute atomic E-state index is 0.0965. The summed E-state index contributed by atoms with van der Waals surface area (Å²) in [5.41, 5.74) is 6.20. The Morgan fingerprint density at radius 3 is 2.83 bits per heavy atom. The Bertz CT molecular complexity index is 424. The Labute approximate surface area is 107 Å². The fourth-order valence-electron chi connectivity index (χ4n) is 1.88. The zero-order valence-corrected chi connectivity index (χ0v) is 10.8.